The van der Waals surface area contributed by atoms with Crippen molar-refractivity contribution in [3.63, 3.8) is 0 Å². The molecule has 1 aliphatic rings. The SMILES string of the molecule is CC.CNCCC(C)C1CCCCC1. The maximum Gasteiger partial charge on any atom is -0.00493 e. The Hall–Kier alpha value is -0.0400. The van der Waals surface area contributed by atoms with Crippen molar-refractivity contribution in [2.45, 2.75) is 59.3 Å². The fraction of sp³-hybridized carbons (Fsp3) is 1.00. The summed E-state index contributed by atoms with van der Waals surface area (Å²) in [7, 11) is 2.05. The molecule has 1 atom stereocenters. The molecule has 86 valence electrons. The number of hydrogen-bond donors (Lipinski definition) is 1. The largest absolute Gasteiger partial charge is 0.320 e. The zero-order chi connectivity index (χ0) is 10.8. The molecule has 0 heterocycles. The third-order valence-corrected chi connectivity index (χ3v) is 3.30. The molecule has 0 radical (unpaired) electrons. The second kappa shape index (κ2) is 9.51. The van der Waals surface area contributed by atoms with Crippen molar-refractivity contribution >= 4 is 0 Å². The van der Waals surface area contributed by atoms with Crippen LogP contribution in [0.1, 0.15) is 59.3 Å². The number of nitrogens with one attached hydrogen (secondary N) is 1. The van der Waals surface area contributed by atoms with Gasteiger partial charge in [0, 0.05) is 0 Å². The molecule has 14 heavy (non-hydrogen) atoms. The normalized spacial score (nSPS) is 19.7. The molecule has 1 fully saturated rings. The lowest BCUT2D eigenvalue weighted by atomic mass is 9.79. The van der Waals surface area contributed by atoms with Gasteiger partial charge in [-0.1, -0.05) is 52.9 Å². The van der Waals surface area contributed by atoms with E-state index in [1.807, 2.05) is 20.9 Å². The van der Waals surface area contributed by atoms with Gasteiger partial charge in [-0.2, -0.15) is 0 Å². The summed E-state index contributed by atoms with van der Waals surface area (Å²) in [6.45, 7) is 7.62. The Morgan fingerprint density at radius 2 is 1.71 bits per heavy atom. The van der Waals surface area contributed by atoms with Crippen LogP contribution in [0.25, 0.3) is 0 Å². The van der Waals surface area contributed by atoms with Crippen LogP contribution in [0, 0.1) is 11.8 Å². The molecule has 1 heteroatoms. The standard InChI is InChI=1S/C11H23N.C2H6/c1-10(8-9-12-2)11-6-4-3-5-7-11;1-2/h10-12H,3-9H2,1-2H3;1-2H3. The van der Waals surface area contributed by atoms with Crippen molar-refractivity contribution < 1.29 is 0 Å². The maximum absolute atomic E-state index is 3.24. The van der Waals surface area contributed by atoms with Crippen molar-refractivity contribution in [2.75, 3.05) is 13.6 Å². The Balaban J connectivity index is 0.000000791. The van der Waals surface area contributed by atoms with Crippen LogP contribution in [0.15, 0.2) is 0 Å². The molecule has 0 bridgehead atoms. The van der Waals surface area contributed by atoms with Gasteiger partial charge in [0.25, 0.3) is 0 Å². The molecule has 0 aromatic rings. The summed E-state index contributed by atoms with van der Waals surface area (Å²) < 4.78 is 0. The number of hydrogen-bond acceptors (Lipinski definition) is 1. The molecule has 0 aromatic carbocycles. The van der Waals surface area contributed by atoms with Gasteiger partial charge >= 0.3 is 0 Å². The summed E-state index contributed by atoms with van der Waals surface area (Å²) in [6, 6.07) is 0. The molecule has 0 aromatic heterocycles. The molecule has 1 saturated carbocycles. The monoisotopic (exact) mass is 199 g/mol. The van der Waals surface area contributed by atoms with Crippen molar-refractivity contribution in [3.8, 4) is 0 Å². The Morgan fingerprint density at radius 1 is 1.14 bits per heavy atom. The zero-order valence-electron chi connectivity index (χ0n) is 10.6. The van der Waals surface area contributed by atoms with Gasteiger partial charge in [-0.05, 0) is 31.8 Å². The van der Waals surface area contributed by atoms with E-state index in [4.69, 9.17) is 0 Å². The molecule has 0 spiro atoms. The summed E-state index contributed by atoms with van der Waals surface area (Å²) in [4.78, 5) is 0. The van der Waals surface area contributed by atoms with Crippen LogP contribution in [0.2, 0.25) is 0 Å². The maximum atomic E-state index is 3.24. The van der Waals surface area contributed by atoms with E-state index in [2.05, 4.69) is 12.2 Å². The van der Waals surface area contributed by atoms with Crippen LogP contribution >= 0.6 is 0 Å². The Morgan fingerprint density at radius 3 is 2.21 bits per heavy atom. The van der Waals surface area contributed by atoms with Gasteiger partial charge in [-0.3, -0.25) is 0 Å². The van der Waals surface area contributed by atoms with Crippen LogP contribution in [0.4, 0.5) is 0 Å². The Kier molecular flexibility index (Phi) is 9.49. The van der Waals surface area contributed by atoms with E-state index in [9.17, 15) is 0 Å². The van der Waals surface area contributed by atoms with E-state index in [-0.39, 0.29) is 0 Å². The molecule has 1 nitrogen and oxygen atoms in total. The summed E-state index contributed by atoms with van der Waals surface area (Å²) in [5, 5.41) is 3.24. The zero-order valence-corrected chi connectivity index (χ0v) is 10.6. The van der Waals surface area contributed by atoms with Crippen LogP contribution < -0.4 is 5.32 Å². The smallest absolute Gasteiger partial charge is 0.00493 e. The third-order valence-electron chi connectivity index (χ3n) is 3.30. The second-order valence-corrected chi connectivity index (χ2v) is 4.27. The summed E-state index contributed by atoms with van der Waals surface area (Å²) in [6.07, 6.45) is 8.79. The van der Waals surface area contributed by atoms with Gasteiger partial charge < -0.3 is 5.32 Å². The highest BCUT2D eigenvalue weighted by molar-refractivity contribution is 4.71. The highest BCUT2D eigenvalue weighted by Crippen LogP contribution is 2.31. The van der Waals surface area contributed by atoms with Crippen LogP contribution in [-0.4, -0.2) is 13.6 Å². The first kappa shape index (κ1) is 14.0. The average Bonchev–Trinajstić information content (AvgIpc) is 2.30. The van der Waals surface area contributed by atoms with Gasteiger partial charge in [0.15, 0.2) is 0 Å². The van der Waals surface area contributed by atoms with E-state index >= 15 is 0 Å². The molecule has 0 saturated heterocycles. The first-order valence-corrected chi connectivity index (χ1v) is 6.49. The first-order chi connectivity index (χ1) is 6.84. The lowest BCUT2D eigenvalue weighted by molar-refractivity contribution is 0.252. The summed E-state index contributed by atoms with van der Waals surface area (Å²) in [5.74, 6) is 1.98. The molecule has 1 rings (SSSR count). The van der Waals surface area contributed by atoms with E-state index in [1.54, 1.807) is 0 Å². The third kappa shape index (κ3) is 5.64. The van der Waals surface area contributed by atoms with E-state index in [1.165, 1.54) is 45.1 Å². The number of rotatable bonds is 4. The van der Waals surface area contributed by atoms with Crippen LogP contribution in [0.5, 0.6) is 0 Å². The quantitative estimate of drug-likeness (QED) is 0.725. The summed E-state index contributed by atoms with van der Waals surface area (Å²) >= 11 is 0. The highest BCUT2D eigenvalue weighted by Gasteiger charge is 2.18. The van der Waals surface area contributed by atoms with Crippen molar-refractivity contribution in [1.82, 2.24) is 5.32 Å². The fourth-order valence-corrected chi connectivity index (χ4v) is 2.31. The lowest BCUT2D eigenvalue weighted by Crippen LogP contribution is -2.19. The molecular weight excluding hydrogens is 170 g/mol. The van der Waals surface area contributed by atoms with Crippen molar-refractivity contribution in [1.29, 1.82) is 0 Å². The minimum Gasteiger partial charge on any atom is -0.320 e. The molecule has 0 amide bonds. The molecule has 1 unspecified atom stereocenters. The minimum absolute atomic E-state index is 0.942. The molecule has 1 N–H and O–H groups in total. The minimum atomic E-state index is 0.942. The highest BCUT2D eigenvalue weighted by atomic mass is 14.8. The van der Waals surface area contributed by atoms with Gasteiger partial charge in [0.1, 0.15) is 0 Å². The average molecular weight is 199 g/mol. The molecule has 1 aliphatic carbocycles. The van der Waals surface area contributed by atoms with Gasteiger partial charge in [-0.25, -0.2) is 0 Å². The topological polar surface area (TPSA) is 12.0 Å². The van der Waals surface area contributed by atoms with Gasteiger partial charge in [0.2, 0.25) is 0 Å². The van der Waals surface area contributed by atoms with E-state index < -0.39 is 0 Å². The van der Waals surface area contributed by atoms with Crippen molar-refractivity contribution in [2.24, 2.45) is 11.8 Å². The fourth-order valence-electron chi connectivity index (χ4n) is 2.31. The van der Waals surface area contributed by atoms with Gasteiger partial charge in [-0.15, -0.1) is 0 Å². The van der Waals surface area contributed by atoms with E-state index in [0.29, 0.717) is 0 Å². The van der Waals surface area contributed by atoms with Crippen molar-refractivity contribution in [3.05, 3.63) is 0 Å². The van der Waals surface area contributed by atoms with Crippen LogP contribution in [0.3, 0.4) is 0 Å². The predicted octanol–water partition coefficient (Wildman–Crippen LogP) is 3.84. The summed E-state index contributed by atoms with van der Waals surface area (Å²) in [5.41, 5.74) is 0. The predicted molar refractivity (Wildman–Crippen MR) is 65.6 cm³/mol. The Bertz CT molecular complexity index is 106. The Labute approximate surface area is 90.7 Å². The second-order valence-electron chi connectivity index (χ2n) is 4.27. The lowest BCUT2D eigenvalue weighted by Gasteiger charge is -2.27. The van der Waals surface area contributed by atoms with Crippen LogP contribution in [-0.2, 0) is 0 Å². The van der Waals surface area contributed by atoms with E-state index in [0.717, 1.165) is 11.8 Å². The molecule has 0 aliphatic heterocycles. The molecular formula is C13H29N. The first-order valence-electron chi connectivity index (χ1n) is 6.49. The van der Waals surface area contributed by atoms with Gasteiger partial charge in [0.05, 0.1) is 0 Å².